The molecule has 1 nitrogen and oxygen atoms in total. The van der Waals surface area contributed by atoms with Crippen molar-refractivity contribution in [2.75, 3.05) is 6.26 Å². The van der Waals surface area contributed by atoms with Gasteiger partial charge in [0, 0.05) is 10.8 Å². The molecule has 0 atom stereocenters. The normalized spacial score (nSPS) is 10.6. The van der Waals surface area contributed by atoms with E-state index >= 15 is 0 Å². The smallest absolute Gasteiger partial charge is 0.167 e. The van der Waals surface area contributed by atoms with Gasteiger partial charge in [-0.3, -0.25) is 0 Å². The summed E-state index contributed by atoms with van der Waals surface area (Å²) < 4.78 is 5.33. The van der Waals surface area contributed by atoms with E-state index in [1.165, 1.54) is 10.8 Å². The van der Waals surface area contributed by atoms with Crippen molar-refractivity contribution in [3.8, 4) is 0 Å². The van der Waals surface area contributed by atoms with Crippen molar-refractivity contribution in [1.82, 2.24) is 0 Å². The summed E-state index contributed by atoms with van der Waals surface area (Å²) in [6, 6.07) is 8.17. The second-order valence-electron chi connectivity index (χ2n) is 2.31. The molecule has 0 bridgehead atoms. The number of thioether (sulfide) groups is 1. The van der Waals surface area contributed by atoms with E-state index in [0.29, 0.717) is 0 Å². The van der Waals surface area contributed by atoms with Crippen molar-refractivity contribution in [3.63, 3.8) is 0 Å². The molecule has 0 amide bonds. The zero-order chi connectivity index (χ0) is 7.68. The Morgan fingerprint density at radius 3 is 2.91 bits per heavy atom. The highest BCUT2D eigenvalue weighted by atomic mass is 32.2. The summed E-state index contributed by atoms with van der Waals surface area (Å²) in [6.07, 6.45) is 3.81. The summed E-state index contributed by atoms with van der Waals surface area (Å²) in [4.78, 5) is 0. The Morgan fingerprint density at radius 1 is 1.27 bits per heavy atom. The molecule has 2 rings (SSSR count). The molecule has 0 unspecified atom stereocenters. The topological polar surface area (TPSA) is 13.1 Å². The third-order valence-electron chi connectivity index (χ3n) is 1.66. The Hall–Kier alpha value is -0.890. The monoisotopic (exact) mass is 164 g/mol. The highest BCUT2D eigenvalue weighted by Crippen LogP contribution is 2.27. The fourth-order valence-electron chi connectivity index (χ4n) is 1.12. The van der Waals surface area contributed by atoms with Gasteiger partial charge in [-0.25, -0.2) is 0 Å². The molecule has 2 heteroatoms. The van der Waals surface area contributed by atoms with Gasteiger partial charge >= 0.3 is 0 Å². The summed E-state index contributed by atoms with van der Waals surface area (Å²) in [7, 11) is 0. The van der Waals surface area contributed by atoms with Crippen LogP contribution in [0, 0.1) is 0 Å². The van der Waals surface area contributed by atoms with Gasteiger partial charge in [-0.05, 0) is 12.3 Å². The molecule has 0 saturated carbocycles. The molecular weight excluding hydrogens is 156 g/mol. The van der Waals surface area contributed by atoms with Gasteiger partial charge < -0.3 is 4.42 Å². The van der Waals surface area contributed by atoms with Crippen LogP contribution in [0.1, 0.15) is 0 Å². The third-order valence-corrected chi connectivity index (χ3v) is 2.35. The summed E-state index contributed by atoms with van der Waals surface area (Å²) >= 11 is 1.64. The Morgan fingerprint density at radius 2 is 2.09 bits per heavy atom. The molecule has 0 fully saturated rings. The fourth-order valence-corrected chi connectivity index (χ4v) is 1.67. The molecule has 56 valence electrons. The molecule has 0 radical (unpaired) electrons. The summed E-state index contributed by atoms with van der Waals surface area (Å²) in [5.74, 6) is 0. The maximum atomic E-state index is 5.33. The lowest BCUT2D eigenvalue weighted by molar-refractivity contribution is 0.482. The number of benzene rings is 1. The van der Waals surface area contributed by atoms with Crippen LogP contribution in [0.4, 0.5) is 0 Å². The van der Waals surface area contributed by atoms with Crippen LogP contribution >= 0.6 is 11.8 Å². The molecule has 0 aliphatic carbocycles. The Labute approximate surface area is 69.4 Å². The van der Waals surface area contributed by atoms with Gasteiger partial charge in [-0.1, -0.05) is 30.0 Å². The molecule has 0 aliphatic heterocycles. The van der Waals surface area contributed by atoms with Crippen molar-refractivity contribution in [3.05, 3.63) is 30.5 Å². The van der Waals surface area contributed by atoms with Crippen molar-refractivity contribution in [1.29, 1.82) is 0 Å². The second-order valence-corrected chi connectivity index (χ2v) is 3.09. The van der Waals surface area contributed by atoms with Crippen LogP contribution in [0.2, 0.25) is 0 Å². The second kappa shape index (κ2) is 2.62. The van der Waals surface area contributed by atoms with Crippen molar-refractivity contribution in [2.45, 2.75) is 5.09 Å². The molecule has 2 aromatic rings. The molecule has 11 heavy (non-hydrogen) atoms. The Kier molecular flexibility index (Phi) is 1.62. The fraction of sp³-hybridized carbons (Fsp3) is 0.111. The van der Waals surface area contributed by atoms with Crippen molar-refractivity contribution >= 4 is 22.5 Å². The summed E-state index contributed by atoms with van der Waals surface area (Å²) in [6.45, 7) is 0. The van der Waals surface area contributed by atoms with E-state index in [0.717, 1.165) is 5.09 Å². The lowest BCUT2D eigenvalue weighted by Crippen LogP contribution is -1.63. The minimum Gasteiger partial charge on any atom is -0.457 e. The van der Waals surface area contributed by atoms with Crippen molar-refractivity contribution < 1.29 is 4.42 Å². The molecule has 1 heterocycles. The van der Waals surface area contributed by atoms with E-state index < -0.39 is 0 Å². The van der Waals surface area contributed by atoms with E-state index in [-0.39, 0.29) is 0 Å². The lowest BCUT2D eigenvalue weighted by Gasteiger charge is -1.88. The zero-order valence-corrected chi connectivity index (χ0v) is 7.02. The van der Waals surface area contributed by atoms with Crippen LogP contribution in [0.15, 0.2) is 40.0 Å². The van der Waals surface area contributed by atoms with Gasteiger partial charge in [0.15, 0.2) is 5.09 Å². The largest absolute Gasteiger partial charge is 0.457 e. The van der Waals surface area contributed by atoms with E-state index in [2.05, 4.69) is 12.1 Å². The van der Waals surface area contributed by atoms with Crippen LogP contribution in [0.25, 0.3) is 10.8 Å². The summed E-state index contributed by atoms with van der Waals surface area (Å²) in [5, 5.41) is 3.39. The van der Waals surface area contributed by atoms with Crippen LogP contribution < -0.4 is 0 Å². The average Bonchev–Trinajstić information content (AvgIpc) is 2.47. The predicted octanol–water partition coefficient (Wildman–Crippen LogP) is 3.15. The highest BCUT2D eigenvalue weighted by Gasteiger charge is 2.01. The van der Waals surface area contributed by atoms with Gasteiger partial charge in [-0.15, -0.1) is 0 Å². The van der Waals surface area contributed by atoms with Gasteiger partial charge in [0.1, 0.15) is 0 Å². The first-order valence-corrected chi connectivity index (χ1v) is 4.64. The first kappa shape index (κ1) is 6.80. The van der Waals surface area contributed by atoms with Gasteiger partial charge in [0.25, 0.3) is 0 Å². The molecule has 0 aliphatic rings. The standard InChI is InChI=1S/C9H8OS/c1-11-9-8-5-3-2-4-7(8)6-10-9/h2-6H,1H3. The first-order chi connectivity index (χ1) is 5.42. The van der Waals surface area contributed by atoms with Gasteiger partial charge in [-0.2, -0.15) is 0 Å². The maximum Gasteiger partial charge on any atom is 0.167 e. The Bertz CT molecular complexity index is 364. The minimum atomic E-state index is 1.00. The molecule has 0 spiro atoms. The Balaban J connectivity index is 2.76. The van der Waals surface area contributed by atoms with Gasteiger partial charge in [0.2, 0.25) is 0 Å². The van der Waals surface area contributed by atoms with E-state index in [1.807, 2.05) is 18.4 Å². The number of fused-ring (bicyclic) bond motifs is 1. The molecule has 0 saturated heterocycles. The van der Waals surface area contributed by atoms with Crippen molar-refractivity contribution in [2.24, 2.45) is 0 Å². The van der Waals surface area contributed by atoms with Crippen LogP contribution in [-0.4, -0.2) is 6.26 Å². The molecular formula is C9H8OS. The minimum absolute atomic E-state index is 1.00. The van der Waals surface area contributed by atoms with E-state index in [9.17, 15) is 0 Å². The summed E-state index contributed by atoms with van der Waals surface area (Å²) in [5.41, 5.74) is 0. The highest BCUT2D eigenvalue weighted by molar-refractivity contribution is 7.98. The van der Waals surface area contributed by atoms with Crippen LogP contribution in [0.5, 0.6) is 0 Å². The van der Waals surface area contributed by atoms with Crippen LogP contribution in [0.3, 0.4) is 0 Å². The number of hydrogen-bond acceptors (Lipinski definition) is 2. The number of hydrogen-bond donors (Lipinski definition) is 0. The molecule has 0 N–H and O–H groups in total. The van der Waals surface area contributed by atoms with E-state index in [4.69, 9.17) is 4.42 Å². The zero-order valence-electron chi connectivity index (χ0n) is 6.20. The SMILES string of the molecule is CSc1occ2ccccc12. The third kappa shape index (κ3) is 1.03. The molecule has 1 aromatic carbocycles. The van der Waals surface area contributed by atoms with Crippen LogP contribution in [-0.2, 0) is 0 Å². The average molecular weight is 164 g/mol. The molecule has 1 aromatic heterocycles. The predicted molar refractivity (Wildman–Crippen MR) is 48.0 cm³/mol. The first-order valence-electron chi connectivity index (χ1n) is 3.42. The van der Waals surface area contributed by atoms with Gasteiger partial charge in [0.05, 0.1) is 6.26 Å². The number of furan rings is 1. The quantitative estimate of drug-likeness (QED) is 0.600. The lowest BCUT2D eigenvalue weighted by atomic mass is 10.2. The number of rotatable bonds is 1. The van der Waals surface area contributed by atoms with E-state index in [1.54, 1.807) is 18.0 Å². The maximum absolute atomic E-state index is 5.33.